The Morgan fingerprint density at radius 3 is 2.67 bits per heavy atom. The summed E-state index contributed by atoms with van der Waals surface area (Å²) in [6.07, 6.45) is -0.839. The van der Waals surface area contributed by atoms with Gasteiger partial charge >= 0.3 is 6.09 Å². The van der Waals surface area contributed by atoms with Crippen molar-refractivity contribution in [3.8, 4) is 0 Å². The molecular weight excluding hydrogens is 350 g/mol. The number of hydrogen-bond donors (Lipinski definition) is 0. The maximum Gasteiger partial charge on any atom is 0.410 e. The molecule has 0 N–H and O–H groups in total. The first-order chi connectivity index (χ1) is 12.7. The first-order valence-electron chi connectivity index (χ1n) is 8.90. The monoisotopic (exact) mass is 371 g/mol. The zero-order chi connectivity index (χ0) is 19.3. The molecule has 1 fully saturated rings. The quantitative estimate of drug-likeness (QED) is 0.702. The number of carbonyl (C=O) groups excluding carboxylic acids is 3. The van der Waals surface area contributed by atoms with Crippen molar-refractivity contribution in [3.05, 3.63) is 35.4 Å². The Kier molecular flexibility index (Phi) is 3.94. The number of hydrogen-bond acceptors (Lipinski definition) is 6. The van der Waals surface area contributed by atoms with Gasteiger partial charge in [0.25, 0.3) is 11.8 Å². The SMILES string of the molecule is CC(C)(C)OC(=O)N1CC2ON=C(C(=O)N3Cc4ccccc4C3=O)C2C1. The number of imide groups is 1. The number of oxime groups is 1. The predicted molar refractivity (Wildman–Crippen MR) is 94.9 cm³/mol. The Bertz CT molecular complexity index is 857. The summed E-state index contributed by atoms with van der Waals surface area (Å²) in [6.45, 7) is 6.19. The fourth-order valence-corrected chi connectivity index (χ4v) is 3.57. The lowest BCUT2D eigenvalue weighted by Gasteiger charge is -2.24. The van der Waals surface area contributed by atoms with Crippen molar-refractivity contribution < 1.29 is 24.0 Å². The van der Waals surface area contributed by atoms with Gasteiger partial charge in [0.2, 0.25) is 0 Å². The molecule has 0 spiro atoms. The third kappa shape index (κ3) is 3.05. The molecule has 4 rings (SSSR count). The highest BCUT2D eigenvalue weighted by Gasteiger charge is 2.49. The molecule has 2 unspecified atom stereocenters. The molecule has 1 aromatic rings. The Morgan fingerprint density at radius 1 is 1.22 bits per heavy atom. The van der Waals surface area contributed by atoms with Crippen LogP contribution >= 0.6 is 0 Å². The van der Waals surface area contributed by atoms with E-state index < -0.39 is 23.7 Å². The van der Waals surface area contributed by atoms with E-state index in [0.717, 1.165) is 5.56 Å². The summed E-state index contributed by atoms with van der Waals surface area (Å²) in [5, 5.41) is 3.92. The van der Waals surface area contributed by atoms with E-state index >= 15 is 0 Å². The van der Waals surface area contributed by atoms with E-state index in [-0.39, 0.29) is 30.6 Å². The van der Waals surface area contributed by atoms with Gasteiger partial charge in [-0.3, -0.25) is 14.5 Å². The van der Waals surface area contributed by atoms with Crippen LogP contribution in [0.4, 0.5) is 4.79 Å². The summed E-state index contributed by atoms with van der Waals surface area (Å²) in [7, 11) is 0. The molecule has 2 atom stereocenters. The van der Waals surface area contributed by atoms with E-state index in [0.29, 0.717) is 12.1 Å². The van der Waals surface area contributed by atoms with E-state index in [4.69, 9.17) is 9.57 Å². The van der Waals surface area contributed by atoms with Gasteiger partial charge in [0.05, 0.1) is 19.0 Å². The molecule has 0 saturated carbocycles. The molecule has 3 aliphatic heterocycles. The second kappa shape index (κ2) is 6.07. The first-order valence-corrected chi connectivity index (χ1v) is 8.90. The van der Waals surface area contributed by atoms with Gasteiger partial charge in [-0.15, -0.1) is 0 Å². The van der Waals surface area contributed by atoms with Crippen LogP contribution in [-0.4, -0.2) is 58.2 Å². The second-order valence-corrected chi connectivity index (χ2v) is 7.97. The molecule has 142 valence electrons. The lowest BCUT2D eigenvalue weighted by atomic mass is 10.00. The molecule has 3 aliphatic rings. The largest absolute Gasteiger partial charge is 0.444 e. The fourth-order valence-electron chi connectivity index (χ4n) is 3.57. The van der Waals surface area contributed by atoms with Gasteiger partial charge in [-0.1, -0.05) is 23.4 Å². The van der Waals surface area contributed by atoms with E-state index in [2.05, 4.69) is 5.16 Å². The van der Waals surface area contributed by atoms with E-state index in [1.807, 2.05) is 12.1 Å². The lowest BCUT2D eigenvalue weighted by molar-refractivity contribution is -0.122. The number of amides is 3. The Balaban J connectivity index is 1.46. The number of fused-ring (bicyclic) bond motifs is 2. The lowest BCUT2D eigenvalue weighted by Crippen LogP contribution is -2.41. The van der Waals surface area contributed by atoms with Crippen LogP contribution in [0.25, 0.3) is 0 Å². The van der Waals surface area contributed by atoms with Crippen LogP contribution in [0, 0.1) is 5.92 Å². The zero-order valence-corrected chi connectivity index (χ0v) is 15.5. The van der Waals surface area contributed by atoms with Crippen molar-refractivity contribution in [2.75, 3.05) is 13.1 Å². The van der Waals surface area contributed by atoms with Crippen LogP contribution in [-0.2, 0) is 20.9 Å². The zero-order valence-electron chi connectivity index (χ0n) is 15.5. The first kappa shape index (κ1) is 17.5. The van der Waals surface area contributed by atoms with Gasteiger partial charge in [-0.25, -0.2) is 4.79 Å². The Hall–Kier alpha value is -2.90. The minimum Gasteiger partial charge on any atom is -0.444 e. The second-order valence-electron chi connectivity index (χ2n) is 7.97. The van der Waals surface area contributed by atoms with Crippen molar-refractivity contribution in [1.82, 2.24) is 9.80 Å². The van der Waals surface area contributed by atoms with Crippen molar-refractivity contribution >= 4 is 23.6 Å². The number of nitrogens with zero attached hydrogens (tertiary/aromatic N) is 3. The fraction of sp³-hybridized carbons (Fsp3) is 0.474. The molecule has 0 radical (unpaired) electrons. The highest BCUT2D eigenvalue weighted by atomic mass is 16.6. The van der Waals surface area contributed by atoms with Crippen molar-refractivity contribution in [3.63, 3.8) is 0 Å². The normalized spacial score (nSPS) is 23.7. The van der Waals surface area contributed by atoms with Crippen LogP contribution in [0.3, 0.4) is 0 Å². The molecule has 3 heterocycles. The van der Waals surface area contributed by atoms with Crippen molar-refractivity contribution in [2.45, 2.75) is 39.0 Å². The van der Waals surface area contributed by atoms with Crippen LogP contribution in [0.15, 0.2) is 29.4 Å². The summed E-state index contributed by atoms with van der Waals surface area (Å²) >= 11 is 0. The van der Waals surface area contributed by atoms with E-state index in [9.17, 15) is 14.4 Å². The molecule has 0 aliphatic carbocycles. The average molecular weight is 371 g/mol. The van der Waals surface area contributed by atoms with Gasteiger partial charge in [-0.2, -0.15) is 0 Å². The topological polar surface area (TPSA) is 88.5 Å². The smallest absolute Gasteiger partial charge is 0.410 e. The number of benzene rings is 1. The van der Waals surface area contributed by atoms with Crippen molar-refractivity contribution in [1.29, 1.82) is 0 Å². The van der Waals surface area contributed by atoms with Gasteiger partial charge in [0.15, 0.2) is 11.8 Å². The summed E-state index contributed by atoms with van der Waals surface area (Å²) in [5.41, 5.74) is 0.931. The maximum atomic E-state index is 12.9. The Morgan fingerprint density at radius 2 is 1.96 bits per heavy atom. The maximum absolute atomic E-state index is 12.9. The van der Waals surface area contributed by atoms with Crippen LogP contribution < -0.4 is 0 Å². The molecule has 8 heteroatoms. The molecule has 8 nitrogen and oxygen atoms in total. The molecule has 0 bridgehead atoms. The Labute approximate surface area is 156 Å². The van der Waals surface area contributed by atoms with Crippen LogP contribution in [0.2, 0.25) is 0 Å². The molecule has 1 saturated heterocycles. The van der Waals surface area contributed by atoms with Gasteiger partial charge < -0.3 is 14.5 Å². The molecule has 0 aromatic heterocycles. The molecule has 3 amide bonds. The summed E-state index contributed by atoms with van der Waals surface area (Å²) in [4.78, 5) is 45.8. The highest BCUT2D eigenvalue weighted by molar-refractivity contribution is 6.43. The van der Waals surface area contributed by atoms with Crippen LogP contribution in [0.5, 0.6) is 0 Å². The van der Waals surface area contributed by atoms with E-state index in [1.54, 1.807) is 32.9 Å². The summed E-state index contributed by atoms with van der Waals surface area (Å²) in [5.74, 6) is -1.15. The van der Waals surface area contributed by atoms with Crippen molar-refractivity contribution in [2.24, 2.45) is 11.1 Å². The van der Waals surface area contributed by atoms with Crippen LogP contribution in [0.1, 0.15) is 36.7 Å². The molecule has 27 heavy (non-hydrogen) atoms. The average Bonchev–Trinajstić information content (AvgIpc) is 3.26. The number of rotatable bonds is 1. The minimum atomic E-state index is -0.601. The summed E-state index contributed by atoms with van der Waals surface area (Å²) in [6, 6.07) is 7.14. The van der Waals surface area contributed by atoms with Gasteiger partial charge in [0.1, 0.15) is 5.60 Å². The van der Waals surface area contributed by atoms with Gasteiger partial charge in [0, 0.05) is 12.1 Å². The molecule has 1 aromatic carbocycles. The third-order valence-electron chi connectivity index (χ3n) is 4.84. The van der Waals surface area contributed by atoms with Gasteiger partial charge in [-0.05, 0) is 32.4 Å². The third-order valence-corrected chi connectivity index (χ3v) is 4.84. The predicted octanol–water partition coefficient (Wildman–Crippen LogP) is 1.79. The number of likely N-dealkylation sites (tertiary alicyclic amines) is 1. The number of carbonyl (C=O) groups is 3. The summed E-state index contributed by atoms with van der Waals surface area (Å²) < 4.78 is 5.38. The van der Waals surface area contributed by atoms with E-state index in [1.165, 1.54) is 9.80 Å². The molecular formula is C19H21N3O5. The minimum absolute atomic E-state index is 0.187. The standard InChI is InChI=1S/C19H21N3O5/c1-19(2,3)26-18(25)21-9-13-14(10-21)27-20-15(13)17(24)22-8-11-6-4-5-7-12(11)16(22)23/h4-7,13-14H,8-10H2,1-3H3. The highest BCUT2D eigenvalue weighted by Crippen LogP contribution is 2.31. The number of ether oxygens (including phenoxy) is 1.